The van der Waals surface area contributed by atoms with E-state index in [0.29, 0.717) is 12.1 Å². The molecule has 138 valence electrons. The summed E-state index contributed by atoms with van der Waals surface area (Å²) >= 11 is 3.41. The van der Waals surface area contributed by atoms with Gasteiger partial charge in [0.25, 0.3) is 0 Å². The van der Waals surface area contributed by atoms with Crippen molar-refractivity contribution < 1.29 is 13.9 Å². The number of hydrogen-bond acceptors (Lipinski definition) is 4. The first-order valence-electron chi connectivity index (χ1n) is 8.59. The normalized spacial score (nSPS) is 16.5. The van der Waals surface area contributed by atoms with Gasteiger partial charge in [0.1, 0.15) is 0 Å². The van der Waals surface area contributed by atoms with E-state index in [1.807, 2.05) is 16.3 Å². The van der Waals surface area contributed by atoms with Crippen molar-refractivity contribution in [2.24, 2.45) is 0 Å². The first-order valence-corrected chi connectivity index (χ1v) is 10.3. The van der Waals surface area contributed by atoms with Crippen molar-refractivity contribution in [1.82, 2.24) is 4.90 Å². The molecule has 0 saturated carbocycles. The topological polar surface area (TPSA) is 29.5 Å². The number of halogens is 1. The van der Waals surface area contributed by atoms with E-state index in [2.05, 4.69) is 17.5 Å². The molecule has 0 N–H and O–H groups in total. The molecule has 27 heavy (non-hydrogen) atoms. The molecule has 3 nitrogen and oxygen atoms in total. The van der Waals surface area contributed by atoms with Crippen molar-refractivity contribution in [2.75, 3.05) is 13.7 Å². The summed E-state index contributed by atoms with van der Waals surface area (Å²) < 4.78 is 18.8. The second-order valence-corrected chi connectivity index (χ2v) is 8.21. The number of rotatable bonds is 4. The van der Waals surface area contributed by atoms with Crippen LogP contribution in [0.2, 0.25) is 0 Å². The van der Waals surface area contributed by atoms with Gasteiger partial charge >= 0.3 is 0 Å². The Morgan fingerprint density at radius 2 is 2.15 bits per heavy atom. The average molecular weight is 400 g/mol. The molecule has 0 saturated heterocycles. The minimum Gasteiger partial charge on any atom is -0.494 e. The highest BCUT2D eigenvalue weighted by atomic mass is 32.1. The zero-order valence-corrected chi connectivity index (χ0v) is 16.4. The molecule has 1 aliphatic rings. The fourth-order valence-electron chi connectivity index (χ4n) is 3.36. The molecule has 1 amide bonds. The maximum atomic E-state index is 13.9. The van der Waals surface area contributed by atoms with Crippen molar-refractivity contribution in [3.63, 3.8) is 0 Å². The van der Waals surface area contributed by atoms with Gasteiger partial charge in [-0.1, -0.05) is 12.1 Å². The molecular weight excluding hydrogens is 381 g/mol. The van der Waals surface area contributed by atoms with Crippen molar-refractivity contribution >= 4 is 34.7 Å². The summed E-state index contributed by atoms with van der Waals surface area (Å²) in [5.74, 6) is -0.317. The number of methoxy groups -OCH3 is 1. The summed E-state index contributed by atoms with van der Waals surface area (Å²) in [6.07, 6.45) is 4.05. The quantitative estimate of drug-likeness (QED) is 0.568. The number of fused-ring (bicyclic) bond motifs is 1. The van der Waals surface area contributed by atoms with E-state index < -0.39 is 5.82 Å². The molecule has 0 spiro atoms. The predicted octanol–water partition coefficient (Wildman–Crippen LogP) is 5.14. The highest BCUT2D eigenvalue weighted by molar-refractivity contribution is 7.10. The molecule has 3 heterocycles. The smallest absolute Gasteiger partial charge is 0.247 e. The molecule has 4 rings (SSSR count). The molecule has 0 bridgehead atoms. The summed E-state index contributed by atoms with van der Waals surface area (Å²) in [6, 6.07) is 10.8. The molecule has 2 aromatic heterocycles. The second kappa shape index (κ2) is 7.66. The lowest BCUT2D eigenvalue weighted by molar-refractivity contribution is -0.127. The number of hydrogen-bond donors (Lipinski definition) is 0. The number of ether oxygens (including phenoxy) is 1. The van der Waals surface area contributed by atoms with Gasteiger partial charge in [0.2, 0.25) is 5.91 Å². The summed E-state index contributed by atoms with van der Waals surface area (Å²) in [4.78, 5) is 17.4. The van der Waals surface area contributed by atoms with Gasteiger partial charge < -0.3 is 9.64 Å². The van der Waals surface area contributed by atoms with Gasteiger partial charge in [0.05, 0.1) is 13.2 Å². The van der Waals surface area contributed by atoms with E-state index in [4.69, 9.17) is 4.74 Å². The minimum atomic E-state index is -0.440. The Balaban J connectivity index is 1.60. The van der Waals surface area contributed by atoms with Gasteiger partial charge in [-0.15, -0.1) is 22.7 Å². The molecule has 0 radical (unpaired) electrons. The summed E-state index contributed by atoms with van der Waals surface area (Å²) in [6.45, 7) is 0.677. The van der Waals surface area contributed by atoms with Crippen LogP contribution in [-0.4, -0.2) is 24.5 Å². The van der Waals surface area contributed by atoms with Crippen LogP contribution in [0.15, 0.2) is 53.2 Å². The Kier molecular flexibility index (Phi) is 5.09. The largest absolute Gasteiger partial charge is 0.494 e. The third-order valence-electron chi connectivity index (χ3n) is 4.66. The van der Waals surface area contributed by atoms with Crippen LogP contribution in [-0.2, 0) is 11.2 Å². The third kappa shape index (κ3) is 3.55. The van der Waals surface area contributed by atoms with Crippen LogP contribution in [0, 0.1) is 5.82 Å². The highest BCUT2D eigenvalue weighted by Gasteiger charge is 2.32. The molecule has 0 aliphatic carbocycles. The highest BCUT2D eigenvalue weighted by Crippen LogP contribution is 2.39. The number of thiophene rings is 2. The lowest BCUT2D eigenvalue weighted by Gasteiger charge is -2.34. The Hall–Kier alpha value is -2.44. The van der Waals surface area contributed by atoms with Crippen LogP contribution in [0.4, 0.5) is 4.39 Å². The van der Waals surface area contributed by atoms with Gasteiger partial charge in [-0.3, -0.25) is 4.79 Å². The number of benzene rings is 1. The fourth-order valence-corrected chi connectivity index (χ4v) is 5.12. The maximum Gasteiger partial charge on any atom is 0.247 e. The van der Waals surface area contributed by atoms with Gasteiger partial charge in [-0.25, -0.2) is 4.39 Å². The van der Waals surface area contributed by atoms with Crippen molar-refractivity contribution in [2.45, 2.75) is 12.5 Å². The molecule has 3 aromatic rings. The molecule has 1 atom stereocenters. The summed E-state index contributed by atoms with van der Waals surface area (Å²) in [5.41, 5.74) is 1.84. The fraction of sp³-hybridized carbons (Fsp3) is 0.190. The summed E-state index contributed by atoms with van der Waals surface area (Å²) in [7, 11) is 1.43. The van der Waals surface area contributed by atoms with Gasteiger partial charge in [0, 0.05) is 22.4 Å². The standard InChI is InChI=1S/C21H18FNO2S2/c1-25-17-6-4-14(13-16(17)22)5-7-20(24)23-10-8-18-15(9-12-27-18)21(23)19-3-2-11-26-19/h2-7,9,11-13,21H,8,10H2,1H3/b7-5+/t21-/m1/s1. The Morgan fingerprint density at radius 1 is 1.26 bits per heavy atom. The number of amides is 1. The van der Waals surface area contributed by atoms with Crippen molar-refractivity contribution in [3.8, 4) is 5.75 Å². The van der Waals surface area contributed by atoms with Gasteiger partial charge in [0.15, 0.2) is 11.6 Å². The maximum absolute atomic E-state index is 13.9. The van der Waals surface area contributed by atoms with E-state index in [1.165, 1.54) is 29.7 Å². The van der Waals surface area contributed by atoms with E-state index in [9.17, 15) is 9.18 Å². The summed E-state index contributed by atoms with van der Waals surface area (Å²) in [5, 5.41) is 4.13. The Morgan fingerprint density at radius 3 is 2.89 bits per heavy atom. The monoisotopic (exact) mass is 399 g/mol. The molecule has 1 aromatic carbocycles. The van der Waals surface area contributed by atoms with Crippen LogP contribution in [0.5, 0.6) is 5.75 Å². The van der Waals surface area contributed by atoms with Crippen LogP contribution < -0.4 is 4.74 Å². The van der Waals surface area contributed by atoms with Crippen molar-refractivity contribution in [3.05, 3.63) is 79.9 Å². The van der Waals surface area contributed by atoms with Gasteiger partial charge in [-0.2, -0.15) is 0 Å². The Bertz CT molecular complexity index is 978. The lowest BCUT2D eigenvalue weighted by Crippen LogP contribution is -2.38. The van der Waals surface area contributed by atoms with Crippen LogP contribution in [0.25, 0.3) is 6.08 Å². The van der Waals surface area contributed by atoms with E-state index in [-0.39, 0.29) is 17.7 Å². The first kappa shape index (κ1) is 17.9. The minimum absolute atomic E-state index is 0.0512. The number of carbonyl (C=O) groups is 1. The van der Waals surface area contributed by atoms with E-state index in [0.717, 1.165) is 11.3 Å². The molecular formula is C21H18FNO2S2. The van der Waals surface area contributed by atoms with E-state index in [1.54, 1.807) is 40.9 Å². The first-order chi connectivity index (χ1) is 13.2. The molecule has 0 unspecified atom stereocenters. The zero-order chi connectivity index (χ0) is 18.8. The number of carbonyl (C=O) groups excluding carboxylic acids is 1. The predicted molar refractivity (Wildman–Crippen MR) is 108 cm³/mol. The molecule has 6 heteroatoms. The number of nitrogens with zero attached hydrogens (tertiary/aromatic N) is 1. The van der Waals surface area contributed by atoms with Gasteiger partial charge in [-0.05, 0) is 58.6 Å². The SMILES string of the molecule is COc1ccc(/C=C/C(=O)N2CCc3sccc3[C@@H]2c2cccs2)cc1F. The van der Waals surface area contributed by atoms with Crippen LogP contribution >= 0.6 is 22.7 Å². The molecule has 1 aliphatic heterocycles. The lowest BCUT2D eigenvalue weighted by atomic mass is 9.98. The zero-order valence-electron chi connectivity index (χ0n) is 14.7. The molecule has 0 fully saturated rings. The second-order valence-electron chi connectivity index (χ2n) is 6.23. The van der Waals surface area contributed by atoms with Crippen LogP contribution in [0.1, 0.15) is 26.9 Å². The van der Waals surface area contributed by atoms with Crippen LogP contribution in [0.3, 0.4) is 0 Å². The average Bonchev–Trinajstić information content (AvgIpc) is 3.37. The Labute approximate surface area is 165 Å². The van der Waals surface area contributed by atoms with Crippen molar-refractivity contribution in [1.29, 1.82) is 0 Å². The third-order valence-corrected chi connectivity index (χ3v) is 6.58. The van der Waals surface area contributed by atoms with E-state index >= 15 is 0 Å².